The third-order valence-corrected chi connectivity index (χ3v) is 3.77. The minimum Gasteiger partial charge on any atom is -0.459 e. The molecule has 0 aromatic heterocycles. The number of hydrogen-bond donors (Lipinski definition) is 0. The Kier molecular flexibility index (Phi) is 3.85. The van der Waals surface area contributed by atoms with Crippen LogP contribution >= 0.6 is 0 Å². The molecule has 0 aromatic rings. The topological polar surface area (TPSA) is 49.9 Å². The largest absolute Gasteiger partial charge is 0.459 e. The third-order valence-electron chi connectivity index (χ3n) is 3.77. The molecule has 5 nitrogen and oxygen atoms in total. The average Bonchev–Trinajstić information content (AvgIpc) is 2.85. The van der Waals surface area contributed by atoms with Gasteiger partial charge in [0.2, 0.25) is 5.91 Å². The average molecular weight is 268 g/mol. The fourth-order valence-electron chi connectivity index (χ4n) is 2.90. The van der Waals surface area contributed by atoms with Crippen molar-refractivity contribution in [2.45, 2.75) is 57.7 Å². The highest BCUT2D eigenvalue weighted by atomic mass is 16.6. The Hall–Kier alpha value is -1.10. The molecule has 0 radical (unpaired) electrons. The molecule has 0 aliphatic carbocycles. The number of ether oxygens (including phenoxy) is 1. The van der Waals surface area contributed by atoms with Crippen LogP contribution in [0, 0.1) is 0 Å². The van der Waals surface area contributed by atoms with Gasteiger partial charge in [-0.3, -0.25) is 14.5 Å². The lowest BCUT2D eigenvalue weighted by atomic mass is 10.1. The van der Waals surface area contributed by atoms with Crippen LogP contribution in [0.4, 0.5) is 0 Å². The molecule has 1 unspecified atom stereocenters. The Morgan fingerprint density at radius 3 is 2.47 bits per heavy atom. The number of likely N-dealkylation sites (tertiary alicyclic amines) is 2. The summed E-state index contributed by atoms with van der Waals surface area (Å²) in [6, 6.07) is -0.385. The number of carbonyl (C=O) groups excluding carboxylic acids is 2. The molecule has 0 N–H and O–H groups in total. The van der Waals surface area contributed by atoms with E-state index in [1.807, 2.05) is 32.7 Å². The van der Waals surface area contributed by atoms with Crippen LogP contribution in [-0.4, -0.2) is 59.5 Å². The SMILES string of the molecule is CN1CCC(N2CCC[C@@H]2C(=O)OC(C)(C)C)C1=O. The van der Waals surface area contributed by atoms with E-state index >= 15 is 0 Å². The van der Waals surface area contributed by atoms with E-state index in [1.165, 1.54) is 0 Å². The number of amides is 1. The number of likely N-dealkylation sites (N-methyl/N-ethyl adjacent to an activating group) is 1. The molecule has 2 heterocycles. The lowest BCUT2D eigenvalue weighted by Crippen LogP contribution is -2.48. The van der Waals surface area contributed by atoms with Gasteiger partial charge in [-0.05, 0) is 46.6 Å². The molecule has 2 aliphatic heterocycles. The predicted octanol–water partition coefficient (Wildman–Crippen LogP) is 1.02. The van der Waals surface area contributed by atoms with Crippen molar-refractivity contribution in [2.75, 3.05) is 20.1 Å². The zero-order valence-electron chi connectivity index (χ0n) is 12.3. The fourth-order valence-corrected chi connectivity index (χ4v) is 2.90. The molecule has 0 saturated carbocycles. The maximum Gasteiger partial charge on any atom is 0.323 e. The van der Waals surface area contributed by atoms with Crippen LogP contribution in [0.2, 0.25) is 0 Å². The number of rotatable bonds is 2. The highest BCUT2D eigenvalue weighted by Gasteiger charge is 2.43. The van der Waals surface area contributed by atoms with Gasteiger partial charge in [0, 0.05) is 13.6 Å². The second-order valence-corrected chi connectivity index (χ2v) is 6.49. The summed E-state index contributed by atoms with van der Waals surface area (Å²) in [7, 11) is 1.82. The van der Waals surface area contributed by atoms with Crippen LogP contribution in [0.3, 0.4) is 0 Å². The van der Waals surface area contributed by atoms with Crippen LogP contribution in [0.5, 0.6) is 0 Å². The first kappa shape index (κ1) is 14.3. The van der Waals surface area contributed by atoms with Gasteiger partial charge in [-0.15, -0.1) is 0 Å². The van der Waals surface area contributed by atoms with Gasteiger partial charge in [0.15, 0.2) is 0 Å². The smallest absolute Gasteiger partial charge is 0.323 e. The van der Waals surface area contributed by atoms with Gasteiger partial charge in [0.25, 0.3) is 0 Å². The molecule has 5 heteroatoms. The lowest BCUT2D eigenvalue weighted by Gasteiger charge is -2.30. The molecule has 108 valence electrons. The van der Waals surface area contributed by atoms with Crippen molar-refractivity contribution in [1.29, 1.82) is 0 Å². The van der Waals surface area contributed by atoms with E-state index < -0.39 is 5.60 Å². The van der Waals surface area contributed by atoms with Crippen LogP contribution in [-0.2, 0) is 14.3 Å². The minimum absolute atomic E-state index is 0.134. The third kappa shape index (κ3) is 3.08. The van der Waals surface area contributed by atoms with Crippen LogP contribution in [0.25, 0.3) is 0 Å². The van der Waals surface area contributed by atoms with Crippen molar-refractivity contribution in [2.24, 2.45) is 0 Å². The van der Waals surface area contributed by atoms with E-state index in [2.05, 4.69) is 0 Å². The first-order valence-corrected chi connectivity index (χ1v) is 7.03. The number of esters is 1. The Balaban J connectivity index is 2.05. The van der Waals surface area contributed by atoms with Crippen LogP contribution in [0.15, 0.2) is 0 Å². The molecule has 2 fully saturated rings. The maximum atomic E-state index is 12.2. The van der Waals surface area contributed by atoms with Crippen molar-refractivity contribution in [3.63, 3.8) is 0 Å². The molecule has 0 aromatic carbocycles. The van der Waals surface area contributed by atoms with Crippen molar-refractivity contribution in [1.82, 2.24) is 9.80 Å². The van der Waals surface area contributed by atoms with Gasteiger partial charge in [-0.1, -0.05) is 0 Å². The van der Waals surface area contributed by atoms with Gasteiger partial charge in [0.1, 0.15) is 11.6 Å². The monoisotopic (exact) mass is 268 g/mol. The van der Waals surface area contributed by atoms with Crippen LogP contribution < -0.4 is 0 Å². The zero-order valence-corrected chi connectivity index (χ0v) is 12.3. The van der Waals surface area contributed by atoms with E-state index in [1.54, 1.807) is 4.90 Å². The molecule has 2 aliphatic rings. The Morgan fingerprint density at radius 2 is 1.95 bits per heavy atom. The Labute approximate surface area is 114 Å². The summed E-state index contributed by atoms with van der Waals surface area (Å²) in [4.78, 5) is 28.1. The lowest BCUT2D eigenvalue weighted by molar-refractivity contribution is -0.161. The van der Waals surface area contributed by atoms with E-state index in [4.69, 9.17) is 4.74 Å². The van der Waals surface area contributed by atoms with E-state index in [9.17, 15) is 9.59 Å². The van der Waals surface area contributed by atoms with E-state index in [0.29, 0.717) is 0 Å². The van der Waals surface area contributed by atoms with Gasteiger partial charge >= 0.3 is 5.97 Å². The summed E-state index contributed by atoms with van der Waals surface area (Å²) in [5, 5.41) is 0. The highest BCUT2D eigenvalue weighted by Crippen LogP contribution is 2.27. The van der Waals surface area contributed by atoms with Crippen molar-refractivity contribution in [3.05, 3.63) is 0 Å². The number of carbonyl (C=O) groups is 2. The van der Waals surface area contributed by atoms with Crippen molar-refractivity contribution >= 4 is 11.9 Å². The quantitative estimate of drug-likeness (QED) is 0.702. The summed E-state index contributed by atoms with van der Waals surface area (Å²) in [6.07, 6.45) is 2.56. The normalized spacial score (nSPS) is 29.1. The van der Waals surface area contributed by atoms with Crippen molar-refractivity contribution < 1.29 is 14.3 Å². The minimum atomic E-state index is -0.470. The Bertz CT molecular complexity index is 375. The molecule has 2 atom stereocenters. The first-order valence-electron chi connectivity index (χ1n) is 7.03. The summed E-state index contributed by atoms with van der Waals surface area (Å²) in [5.74, 6) is -0.0530. The number of hydrogen-bond acceptors (Lipinski definition) is 4. The molecular formula is C14H24N2O3. The molecular weight excluding hydrogens is 244 g/mol. The van der Waals surface area contributed by atoms with Crippen LogP contribution in [0.1, 0.15) is 40.0 Å². The molecule has 0 bridgehead atoms. The fraction of sp³-hybridized carbons (Fsp3) is 0.857. The molecule has 2 saturated heterocycles. The highest BCUT2D eigenvalue weighted by molar-refractivity contribution is 5.85. The summed E-state index contributed by atoms with van der Waals surface area (Å²) in [5.41, 5.74) is -0.470. The van der Waals surface area contributed by atoms with Crippen molar-refractivity contribution in [3.8, 4) is 0 Å². The summed E-state index contributed by atoms with van der Waals surface area (Å²) < 4.78 is 5.47. The second kappa shape index (κ2) is 5.12. The number of nitrogens with zero attached hydrogens (tertiary/aromatic N) is 2. The molecule has 2 rings (SSSR count). The van der Waals surface area contributed by atoms with E-state index in [0.717, 1.165) is 32.4 Å². The Morgan fingerprint density at radius 1 is 1.26 bits per heavy atom. The summed E-state index contributed by atoms with van der Waals surface area (Å²) in [6.45, 7) is 7.21. The van der Waals surface area contributed by atoms with Gasteiger partial charge in [-0.25, -0.2) is 0 Å². The first-order chi connectivity index (χ1) is 8.79. The van der Waals surface area contributed by atoms with Gasteiger partial charge in [-0.2, -0.15) is 0 Å². The molecule has 1 amide bonds. The maximum absolute atomic E-state index is 12.2. The second-order valence-electron chi connectivity index (χ2n) is 6.49. The molecule has 0 spiro atoms. The summed E-state index contributed by atoms with van der Waals surface area (Å²) >= 11 is 0. The van der Waals surface area contributed by atoms with Gasteiger partial charge in [0.05, 0.1) is 6.04 Å². The van der Waals surface area contributed by atoms with Gasteiger partial charge < -0.3 is 9.64 Å². The zero-order chi connectivity index (χ0) is 14.2. The van der Waals surface area contributed by atoms with E-state index in [-0.39, 0.29) is 24.0 Å². The standard InChI is InChI=1S/C14H24N2O3/c1-14(2,3)19-13(18)11-6-5-8-16(11)10-7-9-15(4)12(10)17/h10-11H,5-9H2,1-4H3/t10?,11-/m1/s1. The predicted molar refractivity (Wildman–Crippen MR) is 71.6 cm³/mol. The molecule has 19 heavy (non-hydrogen) atoms.